The van der Waals surface area contributed by atoms with Crippen molar-refractivity contribution in [3.05, 3.63) is 82.4 Å². The van der Waals surface area contributed by atoms with Crippen LogP contribution in [0.1, 0.15) is 57.2 Å². The van der Waals surface area contributed by atoms with Gasteiger partial charge in [0.15, 0.2) is 0 Å². The van der Waals surface area contributed by atoms with Crippen molar-refractivity contribution in [1.82, 2.24) is 4.90 Å². The molecule has 3 aromatic rings. The quantitative estimate of drug-likeness (QED) is 0.265. The number of nitrogens with one attached hydrogen (secondary N) is 1. The second-order valence-electron chi connectivity index (χ2n) is 9.60. The van der Waals surface area contributed by atoms with Crippen molar-refractivity contribution in [1.29, 1.82) is 5.41 Å². The van der Waals surface area contributed by atoms with Crippen LogP contribution in [-0.2, 0) is 13.0 Å². The highest BCUT2D eigenvalue weighted by Crippen LogP contribution is 2.35. The van der Waals surface area contributed by atoms with E-state index in [9.17, 15) is 14.7 Å². The van der Waals surface area contributed by atoms with Crippen LogP contribution in [0.4, 0.5) is 5.69 Å². The summed E-state index contributed by atoms with van der Waals surface area (Å²) in [6.07, 6.45) is 2.73. The van der Waals surface area contributed by atoms with Crippen LogP contribution in [0.25, 0.3) is 11.1 Å². The minimum Gasteiger partial charge on any atom is -0.497 e. The molecule has 0 saturated heterocycles. The molecule has 1 heterocycles. The Morgan fingerprint density at radius 1 is 1.08 bits per heavy atom. The molecule has 4 rings (SSSR count). The summed E-state index contributed by atoms with van der Waals surface area (Å²) < 4.78 is 5.27. The van der Waals surface area contributed by atoms with Crippen LogP contribution in [0.5, 0.6) is 5.75 Å². The van der Waals surface area contributed by atoms with E-state index < -0.39 is 5.97 Å². The number of nitrogens with two attached hydrogens (primary N) is 1. The number of methoxy groups -OCH3 is 1. The molecule has 3 aromatic carbocycles. The van der Waals surface area contributed by atoms with Crippen LogP contribution in [0.15, 0.2) is 54.6 Å². The summed E-state index contributed by atoms with van der Waals surface area (Å²) in [5.74, 6) is -0.669. The number of carbonyl (C=O) groups excluding carboxylic acids is 1. The maximum Gasteiger partial charge on any atom is 0.336 e. The normalized spacial score (nSPS) is 12.2. The van der Waals surface area contributed by atoms with E-state index in [4.69, 9.17) is 15.9 Å². The Labute approximate surface area is 223 Å². The van der Waals surface area contributed by atoms with E-state index in [1.54, 1.807) is 24.1 Å². The number of nitrogens with zero attached hydrogens (tertiary/aromatic N) is 2. The lowest BCUT2D eigenvalue weighted by Gasteiger charge is -2.23. The maximum atomic E-state index is 13.2. The van der Waals surface area contributed by atoms with Gasteiger partial charge in [-0.3, -0.25) is 10.2 Å². The van der Waals surface area contributed by atoms with Gasteiger partial charge in [0.05, 0.1) is 12.7 Å². The van der Waals surface area contributed by atoms with Gasteiger partial charge in [-0.15, -0.1) is 0 Å². The van der Waals surface area contributed by atoms with E-state index in [0.29, 0.717) is 41.1 Å². The Balaban J connectivity index is 1.77. The number of amidine groups is 1. The van der Waals surface area contributed by atoms with Crippen LogP contribution >= 0.6 is 0 Å². The molecule has 0 bridgehead atoms. The Morgan fingerprint density at radius 2 is 1.84 bits per heavy atom. The molecule has 0 unspecified atom stereocenters. The molecule has 4 N–H and O–H groups in total. The van der Waals surface area contributed by atoms with Gasteiger partial charge < -0.3 is 25.4 Å². The Morgan fingerprint density at radius 3 is 2.53 bits per heavy atom. The van der Waals surface area contributed by atoms with Crippen molar-refractivity contribution in [2.75, 3.05) is 32.1 Å². The molecule has 8 nitrogen and oxygen atoms in total. The lowest BCUT2D eigenvalue weighted by molar-refractivity contribution is 0.0696. The number of carboxylic acids is 1. The lowest BCUT2D eigenvalue weighted by Crippen LogP contribution is -2.28. The van der Waals surface area contributed by atoms with Crippen LogP contribution in [-0.4, -0.2) is 55.0 Å². The van der Waals surface area contributed by atoms with Gasteiger partial charge >= 0.3 is 5.97 Å². The number of unbranched alkanes of at least 4 members (excludes halogenated alkanes) is 1. The smallest absolute Gasteiger partial charge is 0.336 e. The maximum absolute atomic E-state index is 13.2. The number of carboxylic acid groups (broad SMARTS) is 1. The average molecular weight is 515 g/mol. The molecule has 1 aliphatic rings. The molecule has 8 heteroatoms. The van der Waals surface area contributed by atoms with Crippen molar-refractivity contribution >= 4 is 23.4 Å². The molecule has 0 spiro atoms. The number of benzene rings is 3. The van der Waals surface area contributed by atoms with Crippen LogP contribution in [0, 0.1) is 5.41 Å². The number of nitrogen functional groups attached to an aromatic ring is 1. The van der Waals surface area contributed by atoms with Crippen molar-refractivity contribution in [3.63, 3.8) is 0 Å². The van der Waals surface area contributed by atoms with Gasteiger partial charge in [-0.25, -0.2) is 4.79 Å². The fraction of sp³-hybridized carbons (Fsp3) is 0.300. The summed E-state index contributed by atoms with van der Waals surface area (Å²) in [6, 6.07) is 16.3. The van der Waals surface area contributed by atoms with E-state index in [1.165, 1.54) is 13.2 Å². The van der Waals surface area contributed by atoms with Crippen LogP contribution < -0.4 is 15.4 Å². The minimum absolute atomic E-state index is 0.0402. The van der Waals surface area contributed by atoms with E-state index in [0.717, 1.165) is 42.6 Å². The molecule has 198 valence electrons. The standard InChI is InChI=1S/C30H34N4O4/c1-4-5-13-33(2)29(35)21-6-7-22(18-34-14-12-19-15-20(28(31)32)8-11-27(19)34)25(16-21)24-10-9-23(38-3)17-26(24)30(36)37/h6-11,15-17H,4-5,12-14,18H2,1-3H3,(H3,31,32)(H,36,37). The third-order valence-corrected chi connectivity index (χ3v) is 7.04. The number of carbonyl (C=O) groups is 2. The summed E-state index contributed by atoms with van der Waals surface area (Å²) >= 11 is 0. The summed E-state index contributed by atoms with van der Waals surface area (Å²) in [5, 5.41) is 17.8. The largest absolute Gasteiger partial charge is 0.497 e. The monoisotopic (exact) mass is 514 g/mol. The number of amides is 1. The minimum atomic E-state index is -1.06. The number of hydrogen-bond acceptors (Lipinski definition) is 5. The number of fused-ring (bicyclic) bond motifs is 1. The SMILES string of the molecule is CCCCN(C)C(=O)c1ccc(CN2CCc3cc(C(=N)N)ccc32)c(-c2ccc(OC)cc2C(=O)O)c1. The number of aromatic carboxylic acids is 1. The van der Waals surface area contributed by atoms with Gasteiger partial charge in [0, 0.05) is 43.5 Å². The second kappa shape index (κ2) is 11.4. The zero-order valence-corrected chi connectivity index (χ0v) is 22.1. The number of ether oxygens (including phenoxy) is 1. The highest BCUT2D eigenvalue weighted by atomic mass is 16.5. The molecule has 0 aliphatic carbocycles. The van der Waals surface area contributed by atoms with Crippen LogP contribution in [0.2, 0.25) is 0 Å². The van der Waals surface area contributed by atoms with Gasteiger partial charge in [-0.2, -0.15) is 0 Å². The average Bonchev–Trinajstić information content (AvgIpc) is 3.32. The van der Waals surface area contributed by atoms with Crippen molar-refractivity contribution < 1.29 is 19.4 Å². The lowest BCUT2D eigenvalue weighted by atomic mass is 9.92. The molecule has 0 atom stereocenters. The van der Waals surface area contributed by atoms with Crippen LogP contribution in [0.3, 0.4) is 0 Å². The first-order valence-corrected chi connectivity index (χ1v) is 12.8. The van der Waals surface area contributed by atoms with E-state index in [2.05, 4.69) is 11.8 Å². The number of rotatable bonds is 10. The first kappa shape index (κ1) is 26.7. The first-order chi connectivity index (χ1) is 18.2. The molecule has 0 fully saturated rings. The topological polar surface area (TPSA) is 120 Å². The van der Waals surface area contributed by atoms with Gasteiger partial charge in [0.1, 0.15) is 11.6 Å². The Kier molecular flexibility index (Phi) is 8.00. The zero-order valence-electron chi connectivity index (χ0n) is 22.1. The van der Waals surface area contributed by atoms with Crippen molar-refractivity contribution in [2.45, 2.75) is 32.7 Å². The molecule has 1 amide bonds. The third-order valence-electron chi connectivity index (χ3n) is 7.04. The Bertz CT molecular complexity index is 1380. The molecule has 0 saturated carbocycles. The summed E-state index contributed by atoms with van der Waals surface area (Å²) in [5.41, 5.74) is 11.3. The molecular formula is C30H34N4O4. The summed E-state index contributed by atoms with van der Waals surface area (Å²) in [6.45, 7) is 4.06. The molecule has 0 radical (unpaired) electrons. The zero-order chi connectivity index (χ0) is 27.4. The highest BCUT2D eigenvalue weighted by molar-refractivity contribution is 6.00. The molecule has 38 heavy (non-hydrogen) atoms. The summed E-state index contributed by atoms with van der Waals surface area (Å²) in [4.78, 5) is 29.4. The van der Waals surface area contributed by atoms with Crippen molar-refractivity contribution in [3.8, 4) is 16.9 Å². The van der Waals surface area contributed by atoms with Gasteiger partial charge in [-0.1, -0.05) is 19.4 Å². The second-order valence-corrected chi connectivity index (χ2v) is 9.60. The number of anilines is 1. The predicted molar refractivity (Wildman–Crippen MR) is 149 cm³/mol. The van der Waals surface area contributed by atoms with Gasteiger partial charge in [-0.05, 0) is 83.6 Å². The van der Waals surface area contributed by atoms with Gasteiger partial charge in [0.25, 0.3) is 5.91 Å². The summed E-state index contributed by atoms with van der Waals surface area (Å²) in [7, 11) is 3.29. The Hall–Kier alpha value is -4.33. The number of hydrogen-bond donors (Lipinski definition) is 3. The fourth-order valence-corrected chi connectivity index (χ4v) is 4.88. The van der Waals surface area contributed by atoms with E-state index in [-0.39, 0.29) is 17.3 Å². The molecule has 0 aromatic heterocycles. The van der Waals surface area contributed by atoms with E-state index in [1.807, 2.05) is 36.4 Å². The first-order valence-electron chi connectivity index (χ1n) is 12.8. The van der Waals surface area contributed by atoms with E-state index >= 15 is 0 Å². The molecule has 1 aliphatic heterocycles. The molecular weight excluding hydrogens is 480 g/mol. The highest BCUT2D eigenvalue weighted by Gasteiger charge is 2.24. The van der Waals surface area contributed by atoms with Gasteiger partial charge in [0.2, 0.25) is 0 Å². The fourth-order valence-electron chi connectivity index (χ4n) is 4.88. The predicted octanol–water partition coefficient (Wildman–Crippen LogP) is 4.78. The van der Waals surface area contributed by atoms with Crippen molar-refractivity contribution in [2.24, 2.45) is 5.73 Å². The third kappa shape index (κ3) is 5.49.